The van der Waals surface area contributed by atoms with Crippen LogP contribution in [0.2, 0.25) is 5.02 Å². The summed E-state index contributed by atoms with van der Waals surface area (Å²) in [4.78, 5) is 4.05. The molecule has 110 valence electrons. The van der Waals surface area contributed by atoms with Gasteiger partial charge in [-0.25, -0.2) is 4.98 Å². The highest BCUT2D eigenvalue weighted by Crippen LogP contribution is 2.33. The SMILES string of the molecule is CC(C)CC(N)c1cnc2c(Cl)cc(C(F)(F)F)cn12. The van der Waals surface area contributed by atoms with Crippen molar-refractivity contribution in [2.24, 2.45) is 11.7 Å². The molecule has 0 fully saturated rings. The van der Waals surface area contributed by atoms with Crippen molar-refractivity contribution < 1.29 is 13.2 Å². The minimum absolute atomic E-state index is 0.0391. The molecule has 2 N–H and O–H groups in total. The van der Waals surface area contributed by atoms with E-state index in [0.29, 0.717) is 18.0 Å². The topological polar surface area (TPSA) is 43.3 Å². The minimum atomic E-state index is -4.46. The summed E-state index contributed by atoms with van der Waals surface area (Å²) in [7, 11) is 0. The van der Waals surface area contributed by atoms with Gasteiger partial charge in [-0.3, -0.25) is 0 Å². The quantitative estimate of drug-likeness (QED) is 0.929. The summed E-state index contributed by atoms with van der Waals surface area (Å²) < 4.78 is 39.8. The molecule has 0 spiro atoms. The van der Waals surface area contributed by atoms with E-state index in [-0.39, 0.29) is 16.7 Å². The molecule has 3 nitrogen and oxygen atoms in total. The monoisotopic (exact) mass is 305 g/mol. The van der Waals surface area contributed by atoms with Crippen molar-refractivity contribution in [2.45, 2.75) is 32.5 Å². The number of nitrogens with zero attached hydrogens (tertiary/aromatic N) is 2. The molecule has 0 saturated heterocycles. The molecule has 20 heavy (non-hydrogen) atoms. The number of alkyl halides is 3. The van der Waals surface area contributed by atoms with Gasteiger partial charge in [0.25, 0.3) is 0 Å². The summed E-state index contributed by atoms with van der Waals surface area (Å²) in [6, 6.07) is 0.492. The van der Waals surface area contributed by atoms with E-state index in [1.165, 1.54) is 10.6 Å². The molecule has 0 bridgehead atoms. The molecule has 1 unspecified atom stereocenters. The molecule has 0 aromatic carbocycles. The van der Waals surface area contributed by atoms with Crippen molar-refractivity contribution in [2.75, 3.05) is 0 Å². The first-order valence-electron chi connectivity index (χ1n) is 6.19. The minimum Gasteiger partial charge on any atom is -0.323 e. The first-order valence-corrected chi connectivity index (χ1v) is 6.57. The Kier molecular flexibility index (Phi) is 3.97. The highest BCUT2D eigenvalue weighted by Gasteiger charge is 2.32. The lowest BCUT2D eigenvalue weighted by molar-refractivity contribution is -0.137. The molecule has 1 atom stereocenters. The van der Waals surface area contributed by atoms with E-state index in [0.717, 1.165) is 12.3 Å². The fraction of sp³-hybridized carbons (Fsp3) is 0.462. The van der Waals surface area contributed by atoms with Crippen molar-refractivity contribution in [1.82, 2.24) is 9.38 Å². The van der Waals surface area contributed by atoms with Crippen molar-refractivity contribution in [3.63, 3.8) is 0 Å². The maximum Gasteiger partial charge on any atom is 0.417 e. The van der Waals surface area contributed by atoms with Gasteiger partial charge in [-0.2, -0.15) is 13.2 Å². The van der Waals surface area contributed by atoms with Crippen LogP contribution in [0, 0.1) is 5.92 Å². The third-order valence-corrected chi connectivity index (χ3v) is 3.30. The molecule has 0 aliphatic rings. The smallest absolute Gasteiger partial charge is 0.323 e. The number of imidazole rings is 1. The predicted molar refractivity (Wildman–Crippen MR) is 71.6 cm³/mol. The Balaban J connectivity index is 2.55. The summed E-state index contributed by atoms with van der Waals surface area (Å²) in [5.41, 5.74) is 6.03. The molecule has 2 rings (SSSR count). The summed E-state index contributed by atoms with van der Waals surface area (Å²) in [6.45, 7) is 3.99. The van der Waals surface area contributed by atoms with Crippen LogP contribution in [-0.4, -0.2) is 9.38 Å². The second kappa shape index (κ2) is 5.26. The van der Waals surface area contributed by atoms with Gasteiger partial charge in [0, 0.05) is 12.2 Å². The first kappa shape index (κ1) is 15.1. The van der Waals surface area contributed by atoms with Crippen LogP contribution in [0.15, 0.2) is 18.5 Å². The molecule has 0 radical (unpaired) electrons. The van der Waals surface area contributed by atoms with Crippen LogP contribution >= 0.6 is 11.6 Å². The van der Waals surface area contributed by atoms with Gasteiger partial charge >= 0.3 is 6.18 Å². The number of nitrogens with two attached hydrogens (primary N) is 1. The van der Waals surface area contributed by atoms with E-state index in [2.05, 4.69) is 4.98 Å². The van der Waals surface area contributed by atoms with Crippen LogP contribution in [0.1, 0.15) is 37.6 Å². The number of hydrogen-bond donors (Lipinski definition) is 1. The second-order valence-electron chi connectivity index (χ2n) is 5.19. The van der Waals surface area contributed by atoms with Gasteiger partial charge < -0.3 is 10.1 Å². The molecule has 0 aliphatic heterocycles. The molecule has 0 amide bonds. The van der Waals surface area contributed by atoms with Crippen molar-refractivity contribution in [3.8, 4) is 0 Å². The lowest BCUT2D eigenvalue weighted by Crippen LogP contribution is -2.16. The fourth-order valence-electron chi connectivity index (χ4n) is 2.12. The standard InChI is InChI=1S/C13H15ClF3N3/c1-7(2)3-10(18)11-5-19-12-9(14)4-8(6-20(11)12)13(15,16)17/h4-7,10H,3,18H2,1-2H3. The van der Waals surface area contributed by atoms with E-state index in [1.54, 1.807) is 0 Å². The average Bonchev–Trinajstić information content (AvgIpc) is 2.70. The second-order valence-corrected chi connectivity index (χ2v) is 5.59. The highest BCUT2D eigenvalue weighted by molar-refractivity contribution is 6.33. The molecular weight excluding hydrogens is 291 g/mol. The van der Waals surface area contributed by atoms with Gasteiger partial charge in [-0.1, -0.05) is 25.4 Å². The summed E-state index contributed by atoms with van der Waals surface area (Å²) in [5.74, 6) is 0.330. The number of pyridine rings is 1. The Labute approximate surface area is 119 Å². The Hall–Kier alpha value is -1.27. The molecule has 0 saturated carbocycles. The number of halogens is 4. The van der Waals surface area contributed by atoms with Gasteiger partial charge in [0.15, 0.2) is 5.65 Å². The van der Waals surface area contributed by atoms with Gasteiger partial charge in [-0.05, 0) is 18.4 Å². The Morgan fingerprint density at radius 2 is 2.05 bits per heavy atom. The van der Waals surface area contributed by atoms with E-state index in [1.807, 2.05) is 13.8 Å². The van der Waals surface area contributed by atoms with E-state index in [4.69, 9.17) is 17.3 Å². The predicted octanol–water partition coefficient (Wildman–Crippen LogP) is 4.05. The van der Waals surface area contributed by atoms with E-state index < -0.39 is 11.7 Å². The van der Waals surface area contributed by atoms with Gasteiger partial charge in [0.05, 0.1) is 22.5 Å². The van der Waals surface area contributed by atoms with Crippen molar-refractivity contribution in [3.05, 3.63) is 34.7 Å². The van der Waals surface area contributed by atoms with Crippen molar-refractivity contribution in [1.29, 1.82) is 0 Å². The third-order valence-electron chi connectivity index (χ3n) is 3.02. The summed E-state index contributed by atoms with van der Waals surface area (Å²) in [6.07, 6.45) is -1.33. The Morgan fingerprint density at radius 3 is 2.60 bits per heavy atom. The zero-order chi connectivity index (χ0) is 15.1. The third kappa shape index (κ3) is 2.91. The van der Waals surface area contributed by atoms with Crippen LogP contribution in [0.4, 0.5) is 13.2 Å². The molecule has 2 aromatic rings. The maximum atomic E-state index is 12.8. The Morgan fingerprint density at radius 1 is 1.40 bits per heavy atom. The molecular formula is C13H15ClF3N3. The number of aromatic nitrogens is 2. The van der Waals surface area contributed by atoms with Crippen molar-refractivity contribution >= 4 is 17.2 Å². The maximum absolute atomic E-state index is 12.8. The zero-order valence-electron chi connectivity index (χ0n) is 11.1. The molecule has 0 aliphatic carbocycles. The normalized spacial score (nSPS) is 14.2. The van der Waals surface area contributed by atoms with Gasteiger partial charge in [0.1, 0.15) is 0 Å². The lowest BCUT2D eigenvalue weighted by Gasteiger charge is -2.15. The van der Waals surface area contributed by atoms with Crippen LogP contribution < -0.4 is 5.73 Å². The van der Waals surface area contributed by atoms with Crippen LogP contribution in [0.25, 0.3) is 5.65 Å². The molecule has 2 aromatic heterocycles. The first-order chi connectivity index (χ1) is 9.20. The molecule has 7 heteroatoms. The average molecular weight is 306 g/mol. The van der Waals surface area contributed by atoms with E-state index >= 15 is 0 Å². The van der Waals surface area contributed by atoms with E-state index in [9.17, 15) is 13.2 Å². The largest absolute Gasteiger partial charge is 0.417 e. The highest BCUT2D eigenvalue weighted by atomic mass is 35.5. The van der Waals surface area contributed by atoms with Gasteiger partial charge in [0.2, 0.25) is 0 Å². The fourth-order valence-corrected chi connectivity index (χ4v) is 2.38. The van der Waals surface area contributed by atoms with Gasteiger partial charge in [-0.15, -0.1) is 0 Å². The number of hydrogen-bond acceptors (Lipinski definition) is 2. The van der Waals surface area contributed by atoms with Crippen LogP contribution in [-0.2, 0) is 6.18 Å². The van der Waals surface area contributed by atoms with Crippen LogP contribution in [0.5, 0.6) is 0 Å². The number of rotatable bonds is 3. The summed E-state index contributed by atoms with van der Waals surface area (Å²) >= 11 is 5.87. The number of fused-ring (bicyclic) bond motifs is 1. The lowest BCUT2D eigenvalue weighted by atomic mass is 10.0. The summed E-state index contributed by atoms with van der Waals surface area (Å²) in [5, 5.41) is -0.0391. The molecule has 2 heterocycles. The zero-order valence-corrected chi connectivity index (χ0v) is 11.8. The van der Waals surface area contributed by atoms with Crippen LogP contribution in [0.3, 0.4) is 0 Å². The Bertz CT molecular complexity index is 619.